The van der Waals surface area contributed by atoms with E-state index < -0.39 is 4.92 Å². The molecular formula is C17H26N4O3. The van der Waals surface area contributed by atoms with Crippen LogP contribution in [0.5, 0.6) is 0 Å². The summed E-state index contributed by atoms with van der Waals surface area (Å²) < 4.78 is 0. The molecule has 132 valence electrons. The van der Waals surface area contributed by atoms with Gasteiger partial charge >= 0.3 is 6.03 Å². The second kappa shape index (κ2) is 8.63. The molecule has 7 nitrogen and oxygen atoms in total. The monoisotopic (exact) mass is 334 g/mol. The van der Waals surface area contributed by atoms with E-state index in [9.17, 15) is 14.9 Å². The molecule has 0 aliphatic carbocycles. The molecule has 2 amide bonds. The van der Waals surface area contributed by atoms with E-state index in [1.165, 1.54) is 18.9 Å². The summed E-state index contributed by atoms with van der Waals surface area (Å²) in [5, 5.41) is 16.4. The summed E-state index contributed by atoms with van der Waals surface area (Å²) >= 11 is 0. The van der Waals surface area contributed by atoms with Crippen molar-refractivity contribution in [2.24, 2.45) is 5.92 Å². The van der Waals surface area contributed by atoms with E-state index in [0.717, 1.165) is 32.0 Å². The van der Waals surface area contributed by atoms with Gasteiger partial charge in [0.1, 0.15) is 0 Å². The molecule has 7 heteroatoms. The molecule has 1 aromatic rings. The highest BCUT2D eigenvalue weighted by Gasteiger charge is 2.16. The predicted octanol–water partition coefficient (Wildman–Crippen LogP) is 3.15. The van der Waals surface area contributed by atoms with E-state index in [4.69, 9.17) is 0 Å². The minimum absolute atomic E-state index is 0.00660. The molecule has 0 unspecified atom stereocenters. The number of likely N-dealkylation sites (tertiary alicyclic amines) is 1. The number of anilines is 1. The highest BCUT2D eigenvalue weighted by Crippen LogP contribution is 2.24. The molecule has 1 aliphatic heterocycles. The first-order valence-electron chi connectivity index (χ1n) is 8.48. The van der Waals surface area contributed by atoms with Crippen LogP contribution in [0.1, 0.15) is 31.7 Å². The average molecular weight is 334 g/mol. The smallest absolute Gasteiger partial charge is 0.319 e. The molecule has 0 radical (unpaired) electrons. The van der Waals surface area contributed by atoms with Crippen LogP contribution in [0.4, 0.5) is 16.2 Å². The summed E-state index contributed by atoms with van der Waals surface area (Å²) in [6.07, 6.45) is 3.40. The Morgan fingerprint density at radius 2 is 2.08 bits per heavy atom. The van der Waals surface area contributed by atoms with E-state index >= 15 is 0 Å². The van der Waals surface area contributed by atoms with E-state index in [2.05, 4.69) is 22.5 Å². The molecule has 0 spiro atoms. The van der Waals surface area contributed by atoms with E-state index in [1.54, 1.807) is 19.1 Å². The molecule has 0 bridgehead atoms. The molecule has 2 N–H and O–H groups in total. The van der Waals surface area contributed by atoms with Gasteiger partial charge in [0.25, 0.3) is 5.69 Å². The third kappa shape index (κ3) is 5.19. The van der Waals surface area contributed by atoms with Gasteiger partial charge in [-0.25, -0.2) is 4.79 Å². The Balaban J connectivity index is 1.72. The number of carbonyl (C=O) groups excluding carboxylic acids is 1. The van der Waals surface area contributed by atoms with E-state index in [-0.39, 0.29) is 11.7 Å². The minimum atomic E-state index is -0.447. The maximum atomic E-state index is 11.9. The highest BCUT2D eigenvalue weighted by molar-refractivity contribution is 5.90. The fourth-order valence-electron chi connectivity index (χ4n) is 2.91. The van der Waals surface area contributed by atoms with Gasteiger partial charge < -0.3 is 15.5 Å². The Bertz CT molecular complexity index is 583. The number of nitrogens with zero attached hydrogens (tertiary/aromatic N) is 2. The first-order valence-corrected chi connectivity index (χ1v) is 8.48. The lowest BCUT2D eigenvalue weighted by atomic mass is 9.99. The van der Waals surface area contributed by atoms with Crippen molar-refractivity contribution < 1.29 is 9.72 Å². The number of urea groups is 1. The lowest BCUT2D eigenvalue weighted by Crippen LogP contribution is -2.36. The maximum absolute atomic E-state index is 11.9. The summed E-state index contributed by atoms with van der Waals surface area (Å²) in [5.74, 6) is 0.823. The SMILES string of the molecule is Cc1c(NC(=O)NCCCN2CCC(C)CC2)cccc1[N+](=O)[O-]. The topological polar surface area (TPSA) is 87.5 Å². The zero-order chi connectivity index (χ0) is 17.5. The summed E-state index contributed by atoms with van der Waals surface area (Å²) in [7, 11) is 0. The summed E-state index contributed by atoms with van der Waals surface area (Å²) in [4.78, 5) is 24.8. The first-order chi connectivity index (χ1) is 11.5. The van der Waals surface area contributed by atoms with Crippen molar-refractivity contribution in [1.29, 1.82) is 0 Å². The van der Waals surface area contributed by atoms with Crippen molar-refractivity contribution in [3.63, 3.8) is 0 Å². The number of carbonyl (C=O) groups is 1. The van der Waals surface area contributed by atoms with Crippen molar-refractivity contribution in [2.45, 2.75) is 33.1 Å². The fraction of sp³-hybridized carbons (Fsp3) is 0.588. The van der Waals surface area contributed by atoms with Crippen molar-refractivity contribution in [1.82, 2.24) is 10.2 Å². The van der Waals surface area contributed by atoms with Gasteiger partial charge in [-0.05, 0) is 57.8 Å². The van der Waals surface area contributed by atoms with Crippen molar-refractivity contribution in [3.05, 3.63) is 33.9 Å². The molecule has 0 atom stereocenters. The maximum Gasteiger partial charge on any atom is 0.319 e. The summed E-state index contributed by atoms with van der Waals surface area (Å²) in [6.45, 7) is 7.78. The number of rotatable bonds is 6. The van der Waals surface area contributed by atoms with Crippen molar-refractivity contribution in [3.8, 4) is 0 Å². The Morgan fingerprint density at radius 1 is 1.38 bits per heavy atom. The van der Waals surface area contributed by atoms with Crippen LogP contribution in [-0.2, 0) is 0 Å². The van der Waals surface area contributed by atoms with Gasteiger partial charge in [0.15, 0.2) is 0 Å². The number of nitrogens with one attached hydrogen (secondary N) is 2. The van der Waals surface area contributed by atoms with Gasteiger partial charge in [-0.15, -0.1) is 0 Å². The molecule has 1 fully saturated rings. The molecule has 1 heterocycles. The fourth-order valence-corrected chi connectivity index (χ4v) is 2.91. The van der Waals surface area contributed by atoms with Crippen LogP contribution in [0.15, 0.2) is 18.2 Å². The Kier molecular flexibility index (Phi) is 6.54. The number of piperidine rings is 1. The molecule has 24 heavy (non-hydrogen) atoms. The second-order valence-corrected chi connectivity index (χ2v) is 6.47. The normalized spacial score (nSPS) is 15.9. The largest absolute Gasteiger partial charge is 0.338 e. The quantitative estimate of drug-likeness (QED) is 0.475. The second-order valence-electron chi connectivity index (χ2n) is 6.47. The van der Waals surface area contributed by atoms with Crippen LogP contribution in [0.25, 0.3) is 0 Å². The van der Waals surface area contributed by atoms with Gasteiger partial charge in [0.2, 0.25) is 0 Å². The predicted molar refractivity (Wildman–Crippen MR) is 94.3 cm³/mol. The van der Waals surface area contributed by atoms with Crippen LogP contribution in [0, 0.1) is 23.0 Å². The van der Waals surface area contributed by atoms with Crippen LogP contribution < -0.4 is 10.6 Å². The third-order valence-corrected chi connectivity index (χ3v) is 4.56. The van der Waals surface area contributed by atoms with Crippen LogP contribution in [-0.4, -0.2) is 42.0 Å². The molecule has 0 saturated carbocycles. The number of nitro benzene ring substituents is 1. The zero-order valence-electron chi connectivity index (χ0n) is 14.4. The number of hydrogen-bond donors (Lipinski definition) is 2. The van der Waals surface area contributed by atoms with E-state index in [1.807, 2.05) is 0 Å². The molecule has 2 rings (SSSR count). The van der Waals surface area contributed by atoms with Gasteiger partial charge in [0.05, 0.1) is 16.2 Å². The summed E-state index contributed by atoms with van der Waals surface area (Å²) in [5.41, 5.74) is 0.930. The van der Waals surface area contributed by atoms with Crippen LogP contribution in [0.3, 0.4) is 0 Å². The minimum Gasteiger partial charge on any atom is -0.338 e. The van der Waals surface area contributed by atoms with Gasteiger partial charge in [-0.2, -0.15) is 0 Å². The highest BCUT2D eigenvalue weighted by atomic mass is 16.6. The molecular weight excluding hydrogens is 308 g/mol. The standard InChI is InChI=1S/C17H26N4O3/c1-13-7-11-20(12-8-13)10-4-9-18-17(22)19-15-5-3-6-16(14(15)2)21(23)24/h3,5-6,13H,4,7-12H2,1-2H3,(H2,18,19,22). The first kappa shape index (κ1) is 18.2. The summed E-state index contributed by atoms with van der Waals surface area (Å²) in [6, 6.07) is 4.33. The van der Waals surface area contributed by atoms with Crippen molar-refractivity contribution in [2.75, 3.05) is 31.5 Å². The number of nitro groups is 1. The molecule has 1 aromatic carbocycles. The number of hydrogen-bond acceptors (Lipinski definition) is 4. The Morgan fingerprint density at radius 3 is 2.75 bits per heavy atom. The van der Waals surface area contributed by atoms with E-state index in [0.29, 0.717) is 17.8 Å². The average Bonchev–Trinajstić information content (AvgIpc) is 2.55. The van der Waals surface area contributed by atoms with Crippen LogP contribution in [0.2, 0.25) is 0 Å². The lowest BCUT2D eigenvalue weighted by Gasteiger charge is -2.30. The third-order valence-electron chi connectivity index (χ3n) is 4.56. The lowest BCUT2D eigenvalue weighted by molar-refractivity contribution is -0.385. The molecule has 0 aromatic heterocycles. The van der Waals surface area contributed by atoms with Gasteiger partial charge in [0, 0.05) is 12.6 Å². The van der Waals surface area contributed by atoms with Crippen molar-refractivity contribution >= 4 is 17.4 Å². The zero-order valence-corrected chi connectivity index (χ0v) is 14.4. The Hall–Kier alpha value is -2.15. The molecule has 1 aliphatic rings. The number of amides is 2. The number of benzene rings is 1. The van der Waals surface area contributed by atoms with Gasteiger partial charge in [-0.3, -0.25) is 10.1 Å². The van der Waals surface area contributed by atoms with Gasteiger partial charge in [-0.1, -0.05) is 13.0 Å². The Labute approximate surface area is 142 Å². The molecule has 1 saturated heterocycles. The van der Waals surface area contributed by atoms with Crippen LogP contribution >= 0.6 is 0 Å².